The molecule has 1 saturated heterocycles. The molecule has 0 aromatic heterocycles. The Bertz CT molecular complexity index is 1160. The van der Waals surface area contributed by atoms with E-state index in [9.17, 15) is 23.2 Å². The van der Waals surface area contributed by atoms with Crippen molar-refractivity contribution in [3.05, 3.63) is 51.5 Å². The zero-order valence-corrected chi connectivity index (χ0v) is 20.7. The molecule has 2 aromatic carbocycles. The predicted octanol–water partition coefficient (Wildman–Crippen LogP) is 6.21. The van der Waals surface area contributed by atoms with Crippen LogP contribution < -0.4 is 14.8 Å². The molecule has 2 aromatic rings. The minimum atomic E-state index is -3.04. The molecule has 0 radical (unpaired) electrons. The van der Waals surface area contributed by atoms with Gasteiger partial charge in [0.15, 0.2) is 11.5 Å². The van der Waals surface area contributed by atoms with Crippen molar-refractivity contribution in [2.75, 3.05) is 5.32 Å². The first-order chi connectivity index (χ1) is 17.2. The molecular weight excluding hydrogens is 517 g/mol. The fraction of sp³-hybridized carbons (Fsp3) is 0.400. The third-order valence-corrected chi connectivity index (χ3v) is 6.94. The van der Waals surface area contributed by atoms with Gasteiger partial charge in [-0.25, -0.2) is 0 Å². The molecule has 2 fully saturated rings. The fourth-order valence-corrected chi connectivity index (χ4v) is 4.83. The highest BCUT2D eigenvalue weighted by molar-refractivity contribution is 6.38. The molecule has 2 aliphatic rings. The lowest BCUT2D eigenvalue weighted by molar-refractivity contribution is -0.148. The Morgan fingerprint density at radius 1 is 1.03 bits per heavy atom. The number of carbonyl (C=O) groups excluding carboxylic acids is 3. The molecule has 0 bridgehead atoms. The highest BCUT2D eigenvalue weighted by Crippen LogP contribution is 2.36. The van der Waals surface area contributed by atoms with Crippen molar-refractivity contribution in [3.63, 3.8) is 0 Å². The van der Waals surface area contributed by atoms with Gasteiger partial charge in [0.1, 0.15) is 0 Å². The summed E-state index contributed by atoms with van der Waals surface area (Å²) in [5.41, 5.74) is 0.674. The molecule has 0 unspecified atom stereocenters. The first kappa shape index (κ1) is 26.2. The number of alkyl halides is 2. The minimum absolute atomic E-state index is 0.0554. The Morgan fingerprint density at radius 3 is 2.39 bits per heavy atom. The van der Waals surface area contributed by atoms with Gasteiger partial charge in [-0.15, -0.1) is 0 Å². The molecule has 7 nitrogen and oxygen atoms in total. The quantitative estimate of drug-likeness (QED) is 0.402. The normalized spacial score (nSPS) is 16.5. The van der Waals surface area contributed by atoms with E-state index in [1.54, 1.807) is 0 Å². The lowest BCUT2D eigenvalue weighted by atomic mass is 10.1. The van der Waals surface area contributed by atoms with Crippen molar-refractivity contribution in [1.82, 2.24) is 4.90 Å². The van der Waals surface area contributed by atoms with Gasteiger partial charge in [0.05, 0.1) is 23.4 Å². The molecular formula is C25H24Cl2F2N2O5. The number of nitrogens with one attached hydrogen (secondary N) is 1. The van der Waals surface area contributed by atoms with Crippen molar-refractivity contribution in [3.8, 4) is 11.5 Å². The van der Waals surface area contributed by atoms with E-state index < -0.39 is 12.5 Å². The minimum Gasteiger partial charge on any atom is -0.487 e. The maximum absolute atomic E-state index is 13.0. The summed E-state index contributed by atoms with van der Waals surface area (Å²) in [6, 6.07) is 6.95. The van der Waals surface area contributed by atoms with Crippen molar-refractivity contribution in [2.24, 2.45) is 0 Å². The van der Waals surface area contributed by atoms with E-state index in [0.717, 1.165) is 30.6 Å². The first-order valence-corrected chi connectivity index (χ1v) is 12.4. The van der Waals surface area contributed by atoms with Gasteiger partial charge in [-0.1, -0.05) is 23.2 Å². The van der Waals surface area contributed by atoms with E-state index in [4.69, 9.17) is 27.9 Å². The molecule has 4 rings (SSSR count). The van der Waals surface area contributed by atoms with Crippen LogP contribution in [0.3, 0.4) is 0 Å². The van der Waals surface area contributed by atoms with Crippen molar-refractivity contribution < 1.29 is 32.6 Å². The molecule has 192 valence electrons. The van der Waals surface area contributed by atoms with Crippen LogP contribution in [0.5, 0.6) is 11.5 Å². The number of halogens is 4. The Hall–Kier alpha value is -2.91. The van der Waals surface area contributed by atoms with E-state index in [1.807, 2.05) is 0 Å². The third kappa shape index (κ3) is 6.07. The van der Waals surface area contributed by atoms with Crippen LogP contribution in [-0.2, 0) is 16.1 Å². The molecule has 0 spiro atoms. The van der Waals surface area contributed by atoms with Gasteiger partial charge >= 0.3 is 6.61 Å². The van der Waals surface area contributed by atoms with E-state index in [1.165, 1.54) is 30.3 Å². The first-order valence-electron chi connectivity index (χ1n) is 11.6. The molecule has 3 amide bonds. The van der Waals surface area contributed by atoms with Gasteiger partial charge < -0.3 is 14.8 Å². The number of carbonyl (C=O) groups is 3. The topological polar surface area (TPSA) is 84.9 Å². The van der Waals surface area contributed by atoms with Gasteiger partial charge in [0, 0.05) is 29.0 Å². The second kappa shape index (κ2) is 11.4. The summed E-state index contributed by atoms with van der Waals surface area (Å²) in [7, 11) is 0. The molecule has 1 aliphatic heterocycles. The van der Waals surface area contributed by atoms with Gasteiger partial charge in [-0.2, -0.15) is 8.78 Å². The summed E-state index contributed by atoms with van der Waals surface area (Å²) >= 11 is 12.8. The van der Waals surface area contributed by atoms with Crippen LogP contribution in [0.4, 0.5) is 14.5 Å². The lowest BCUT2D eigenvalue weighted by Gasteiger charge is -2.26. The standard InChI is InChI=1S/C25H24Cl2F2N2O5/c26-17-9-10-18(23(27)16(17)13-31-21(32)6-3-7-22(31)33)30-24(34)14-8-11-19(36-25(28)29)20(12-14)35-15-4-1-2-5-15/h8-12,15,25H,1-7,13H2,(H,30,34). The second-order valence-corrected chi connectivity index (χ2v) is 9.42. The number of imide groups is 1. The van der Waals surface area contributed by atoms with Crippen LogP contribution in [0.15, 0.2) is 30.3 Å². The van der Waals surface area contributed by atoms with Crippen LogP contribution in [-0.4, -0.2) is 35.3 Å². The third-order valence-electron chi connectivity index (χ3n) is 6.15. The van der Waals surface area contributed by atoms with Crippen LogP contribution in [0.2, 0.25) is 10.0 Å². The summed E-state index contributed by atoms with van der Waals surface area (Å²) in [5.74, 6) is -1.30. The number of hydrogen-bond donors (Lipinski definition) is 1. The molecule has 1 aliphatic carbocycles. The molecule has 1 saturated carbocycles. The zero-order valence-electron chi connectivity index (χ0n) is 19.2. The molecule has 11 heteroatoms. The summed E-state index contributed by atoms with van der Waals surface area (Å²) < 4.78 is 36.1. The number of ether oxygens (including phenoxy) is 2. The Kier molecular flexibility index (Phi) is 8.31. The summed E-state index contributed by atoms with van der Waals surface area (Å²) in [4.78, 5) is 38.5. The summed E-state index contributed by atoms with van der Waals surface area (Å²) in [6.07, 6.45) is 4.40. The maximum Gasteiger partial charge on any atom is 0.387 e. The zero-order chi connectivity index (χ0) is 25.8. The van der Waals surface area contributed by atoms with Crippen molar-refractivity contribution >= 4 is 46.6 Å². The van der Waals surface area contributed by atoms with Crippen LogP contribution >= 0.6 is 23.2 Å². The fourth-order valence-electron chi connectivity index (χ4n) is 4.29. The number of nitrogens with zero attached hydrogens (tertiary/aromatic N) is 1. The molecule has 0 atom stereocenters. The van der Waals surface area contributed by atoms with Gasteiger partial charge in [0.25, 0.3) is 5.91 Å². The Labute approximate surface area is 216 Å². The number of likely N-dealkylation sites (tertiary alicyclic amines) is 1. The highest BCUT2D eigenvalue weighted by atomic mass is 35.5. The van der Waals surface area contributed by atoms with Crippen molar-refractivity contribution in [2.45, 2.75) is 64.2 Å². The number of amides is 3. The smallest absolute Gasteiger partial charge is 0.387 e. The number of rotatable bonds is 8. The average molecular weight is 541 g/mol. The monoisotopic (exact) mass is 540 g/mol. The van der Waals surface area contributed by atoms with E-state index >= 15 is 0 Å². The van der Waals surface area contributed by atoms with Crippen LogP contribution in [0.1, 0.15) is 60.9 Å². The molecule has 1 N–H and O–H groups in total. The molecule has 1 heterocycles. The summed E-state index contributed by atoms with van der Waals surface area (Å²) in [6.45, 7) is -3.15. The SMILES string of the molecule is O=C(Nc1ccc(Cl)c(CN2C(=O)CCCC2=O)c1Cl)c1ccc(OC(F)F)c(OC2CCCC2)c1. The highest BCUT2D eigenvalue weighted by Gasteiger charge is 2.28. The van der Waals surface area contributed by atoms with Gasteiger partial charge in [-0.3, -0.25) is 19.3 Å². The van der Waals surface area contributed by atoms with E-state index in [2.05, 4.69) is 10.1 Å². The van der Waals surface area contributed by atoms with E-state index in [-0.39, 0.29) is 70.1 Å². The van der Waals surface area contributed by atoms with Crippen LogP contribution in [0.25, 0.3) is 0 Å². The lowest BCUT2D eigenvalue weighted by Crippen LogP contribution is -2.39. The van der Waals surface area contributed by atoms with Gasteiger partial charge in [0.2, 0.25) is 11.8 Å². The largest absolute Gasteiger partial charge is 0.487 e. The second-order valence-electron chi connectivity index (χ2n) is 8.63. The molecule has 36 heavy (non-hydrogen) atoms. The predicted molar refractivity (Wildman–Crippen MR) is 130 cm³/mol. The maximum atomic E-state index is 13.0. The number of hydrogen-bond acceptors (Lipinski definition) is 5. The summed E-state index contributed by atoms with van der Waals surface area (Å²) in [5, 5.41) is 3.00. The number of piperidine rings is 1. The Morgan fingerprint density at radius 2 is 1.72 bits per heavy atom. The average Bonchev–Trinajstić information content (AvgIpc) is 3.34. The van der Waals surface area contributed by atoms with Crippen molar-refractivity contribution in [1.29, 1.82) is 0 Å². The van der Waals surface area contributed by atoms with Gasteiger partial charge in [-0.05, 0) is 62.4 Å². The van der Waals surface area contributed by atoms with Crippen LogP contribution in [0, 0.1) is 0 Å². The number of anilines is 1. The number of benzene rings is 2. The Balaban J connectivity index is 1.55. The van der Waals surface area contributed by atoms with E-state index in [0.29, 0.717) is 12.0 Å².